The zero-order valence-electron chi connectivity index (χ0n) is 17.0. The van der Waals surface area contributed by atoms with E-state index in [9.17, 15) is 19.7 Å². The molecule has 3 rings (SSSR count). The zero-order valence-corrected chi connectivity index (χ0v) is 18.6. The molecule has 0 saturated heterocycles. The number of nitrogens with zero attached hydrogens (tertiary/aromatic N) is 2. The van der Waals surface area contributed by atoms with Gasteiger partial charge in [0.15, 0.2) is 6.10 Å². The van der Waals surface area contributed by atoms with Crippen LogP contribution in [0.3, 0.4) is 0 Å². The molecule has 0 radical (unpaired) electrons. The first kappa shape index (κ1) is 22.5. The maximum atomic E-state index is 12.7. The van der Waals surface area contributed by atoms with E-state index in [2.05, 4.69) is 5.32 Å². The van der Waals surface area contributed by atoms with Gasteiger partial charge in [-0.05, 0) is 44.4 Å². The number of benzene rings is 1. The first-order valence-electron chi connectivity index (χ1n) is 9.32. The third-order valence-corrected chi connectivity index (χ3v) is 5.94. The van der Waals surface area contributed by atoms with E-state index >= 15 is 0 Å². The maximum Gasteiger partial charge on any atom is 0.340 e. The van der Waals surface area contributed by atoms with Crippen LogP contribution in [0.25, 0.3) is 0 Å². The summed E-state index contributed by atoms with van der Waals surface area (Å²) in [6.45, 7) is 5.83. The van der Waals surface area contributed by atoms with Gasteiger partial charge in [0.05, 0.1) is 27.7 Å². The number of halogens is 1. The van der Waals surface area contributed by atoms with Crippen molar-refractivity contribution in [1.82, 2.24) is 4.57 Å². The van der Waals surface area contributed by atoms with Crippen LogP contribution >= 0.6 is 22.9 Å². The van der Waals surface area contributed by atoms with Crippen LogP contribution in [-0.2, 0) is 16.1 Å². The van der Waals surface area contributed by atoms with Gasteiger partial charge >= 0.3 is 5.97 Å². The van der Waals surface area contributed by atoms with Gasteiger partial charge in [0.25, 0.3) is 11.6 Å². The number of aromatic nitrogens is 1. The van der Waals surface area contributed by atoms with E-state index in [1.807, 2.05) is 35.9 Å². The van der Waals surface area contributed by atoms with Crippen LogP contribution in [0.4, 0.5) is 11.4 Å². The number of esters is 1. The number of hydrogen-bond acceptors (Lipinski definition) is 6. The number of nitro benzene ring substituents is 1. The predicted molar refractivity (Wildman–Crippen MR) is 119 cm³/mol. The normalized spacial score (nSPS) is 11.7. The number of carbonyl (C=O) groups is 2. The number of nitrogens with one attached hydrogen (secondary N) is 1. The fourth-order valence-electron chi connectivity index (χ4n) is 3.04. The number of aryl methyl sites for hydroxylation is 1. The quantitative estimate of drug-likeness (QED) is 0.304. The minimum Gasteiger partial charge on any atom is -0.449 e. The van der Waals surface area contributed by atoms with Crippen molar-refractivity contribution in [2.45, 2.75) is 33.4 Å². The first-order chi connectivity index (χ1) is 14.7. The average molecular weight is 462 g/mol. The van der Waals surface area contributed by atoms with E-state index in [0.717, 1.165) is 22.3 Å². The van der Waals surface area contributed by atoms with Gasteiger partial charge in [-0.2, -0.15) is 0 Å². The maximum absolute atomic E-state index is 12.7. The number of ether oxygens (including phenoxy) is 1. The molecule has 31 heavy (non-hydrogen) atoms. The summed E-state index contributed by atoms with van der Waals surface area (Å²) in [6.07, 6.45) is -1.10. The molecule has 3 aromatic rings. The second-order valence-electron chi connectivity index (χ2n) is 6.91. The highest BCUT2D eigenvalue weighted by Crippen LogP contribution is 2.27. The van der Waals surface area contributed by atoms with E-state index in [0.29, 0.717) is 12.1 Å². The Bertz CT molecular complexity index is 1140. The Balaban J connectivity index is 1.68. The molecule has 0 aliphatic carbocycles. The zero-order chi connectivity index (χ0) is 22.7. The van der Waals surface area contributed by atoms with Gasteiger partial charge in [0, 0.05) is 28.4 Å². The van der Waals surface area contributed by atoms with Gasteiger partial charge in [-0.1, -0.05) is 17.7 Å². The largest absolute Gasteiger partial charge is 0.449 e. The van der Waals surface area contributed by atoms with E-state index in [1.165, 1.54) is 19.1 Å². The van der Waals surface area contributed by atoms with Crippen LogP contribution in [0.1, 0.15) is 33.5 Å². The SMILES string of the molecule is Cc1cc(C(=O)OC(C)C(=O)Nc2ccc([N+](=O)[O-])cc2Cl)c(C)n1Cc1cccs1. The monoisotopic (exact) mass is 461 g/mol. The summed E-state index contributed by atoms with van der Waals surface area (Å²) >= 11 is 7.63. The first-order valence-corrected chi connectivity index (χ1v) is 10.6. The second kappa shape index (κ2) is 9.32. The molecule has 1 unspecified atom stereocenters. The molecule has 1 N–H and O–H groups in total. The summed E-state index contributed by atoms with van der Waals surface area (Å²) in [5.41, 5.74) is 2.05. The number of non-ortho nitro benzene ring substituents is 1. The highest BCUT2D eigenvalue weighted by atomic mass is 35.5. The molecule has 162 valence electrons. The predicted octanol–water partition coefficient (Wildman–Crippen LogP) is 4.96. The molecule has 1 amide bonds. The lowest BCUT2D eigenvalue weighted by Crippen LogP contribution is -2.30. The molecule has 2 heterocycles. The number of anilines is 1. The summed E-state index contributed by atoms with van der Waals surface area (Å²) in [7, 11) is 0. The van der Waals surface area contributed by atoms with E-state index in [-0.39, 0.29) is 16.4 Å². The summed E-state index contributed by atoms with van der Waals surface area (Å²) < 4.78 is 7.36. The topological polar surface area (TPSA) is 103 Å². The molecule has 1 aromatic carbocycles. The Morgan fingerprint density at radius 3 is 2.65 bits per heavy atom. The summed E-state index contributed by atoms with van der Waals surface area (Å²) in [4.78, 5) is 36.5. The van der Waals surface area contributed by atoms with Gasteiger partial charge in [0.2, 0.25) is 0 Å². The molecular weight excluding hydrogens is 442 g/mol. The van der Waals surface area contributed by atoms with Gasteiger partial charge in [-0.25, -0.2) is 4.79 Å². The molecule has 0 aliphatic heterocycles. The lowest BCUT2D eigenvalue weighted by atomic mass is 10.2. The van der Waals surface area contributed by atoms with Gasteiger partial charge in [-0.15, -0.1) is 11.3 Å². The fraction of sp³-hybridized carbons (Fsp3) is 0.238. The smallest absolute Gasteiger partial charge is 0.340 e. The van der Waals surface area contributed by atoms with Crippen LogP contribution < -0.4 is 5.32 Å². The number of carbonyl (C=O) groups excluding carboxylic acids is 2. The van der Waals surface area contributed by atoms with Crippen molar-refractivity contribution in [2.75, 3.05) is 5.32 Å². The second-order valence-corrected chi connectivity index (χ2v) is 8.35. The molecule has 2 aromatic heterocycles. The number of amides is 1. The van der Waals surface area contributed by atoms with Crippen molar-refractivity contribution in [1.29, 1.82) is 0 Å². The fourth-order valence-corrected chi connectivity index (χ4v) is 3.96. The Morgan fingerprint density at radius 2 is 2.03 bits per heavy atom. The van der Waals surface area contributed by atoms with E-state index in [1.54, 1.807) is 17.4 Å². The third-order valence-electron chi connectivity index (χ3n) is 4.76. The van der Waals surface area contributed by atoms with Crippen LogP contribution in [0.5, 0.6) is 0 Å². The molecule has 10 heteroatoms. The molecule has 0 saturated carbocycles. The number of nitro groups is 1. The minimum atomic E-state index is -1.10. The minimum absolute atomic E-state index is 0.0122. The van der Waals surface area contributed by atoms with Crippen molar-refractivity contribution in [3.05, 3.63) is 78.7 Å². The summed E-state index contributed by atoms with van der Waals surface area (Å²) in [5, 5.41) is 15.3. The molecule has 8 nitrogen and oxygen atoms in total. The van der Waals surface area contributed by atoms with Crippen molar-refractivity contribution in [3.63, 3.8) is 0 Å². The molecule has 0 spiro atoms. The molecule has 0 fully saturated rings. The summed E-state index contributed by atoms with van der Waals surface area (Å²) in [6, 6.07) is 9.42. The van der Waals surface area contributed by atoms with Crippen molar-refractivity contribution in [3.8, 4) is 0 Å². The molecule has 0 bridgehead atoms. The highest BCUT2D eigenvalue weighted by molar-refractivity contribution is 7.09. The third kappa shape index (κ3) is 5.12. The van der Waals surface area contributed by atoms with Crippen LogP contribution in [0.2, 0.25) is 5.02 Å². The van der Waals surface area contributed by atoms with E-state index in [4.69, 9.17) is 16.3 Å². The van der Waals surface area contributed by atoms with Crippen molar-refractivity contribution >= 4 is 46.2 Å². The van der Waals surface area contributed by atoms with Crippen molar-refractivity contribution < 1.29 is 19.2 Å². The number of hydrogen-bond donors (Lipinski definition) is 1. The lowest BCUT2D eigenvalue weighted by molar-refractivity contribution is -0.384. The van der Waals surface area contributed by atoms with Crippen LogP contribution in [-0.4, -0.2) is 27.5 Å². The van der Waals surface area contributed by atoms with Crippen LogP contribution in [0.15, 0.2) is 41.8 Å². The standard InChI is InChI=1S/C21H20ClN3O5S/c1-12-9-17(13(2)24(12)11-16-5-4-8-31-16)21(27)30-14(3)20(26)23-19-7-6-15(25(28)29)10-18(19)22/h4-10,14H,11H2,1-3H3,(H,23,26). The Labute approximate surface area is 187 Å². The van der Waals surface area contributed by atoms with Crippen molar-refractivity contribution in [2.24, 2.45) is 0 Å². The molecular formula is C21H20ClN3O5S. The Kier molecular flexibility index (Phi) is 6.77. The van der Waals surface area contributed by atoms with Crippen LogP contribution in [0, 0.1) is 24.0 Å². The highest BCUT2D eigenvalue weighted by Gasteiger charge is 2.23. The van der Waals surface area contributed by atoms with Gasteiger partial charge in [-0.3, -0.25) is 14.9 Å². The average Bonchev–Trinajstić information content (AvgIpc) is 3.33. The van der Waals surface area contributed by atoms with Gasteiger partial charge < -0.3 is 14.6 Å². The lowest BCUT2D eigenvalue weighted by Gasteiger charge is -2.14. The Morgan fingerprint density at radius 1 is 1.29 bits per heavy atom. The molecule has 1 atom stereocenters. The van der Waals surface area contributed by atoms with Gasteiger partial charge in [0.1, 0.15) is 0 Å². The molecule has 0 aliphatic rings. The number of thiophene rings is 1. The Hall–Kier alpha value is -3.17. The number of rotatable bonds is 7. The van der Waals surface area contributed by atoms with E-state index < -0.39 is 22.9 Å². The summed E-state index contributed by atoms with van der Waals surface area (Å²) in [5.74, 6) is -1.21.